The number of fused-ring (bicyclic) bond motifs is 1. The molecule has 2 aromatic heterocycles. The number of benzene rings is 1. The minimum absolute atomic E-state index is 0.195. The Morgan fingerprint density at radius 1 is 1.19 bits per heavy atom. The lowest BCUT2D eigenvalue weighted by Crippen LogP contribution is -2.23. The molecule has 0 spiro atoms. The van der Waals surface area contributed by atoms with E-state index < -0.39 is 0 Å². The van der Waals surface area contributed by atoms with Crippen LogP contribution >= 0.6 is 27.5 Å². The molecule has 3 aromatic rings. The van der Waals surface area contributed by atoms with Gasteiger partial charge in [-0.05, 0) is 55.5 Å². The summed E-state index contributed by atoms with van der Waals surface area (Å²) in [6, 6.07) is 9.83. The van der Waals surface area contributed by atoms with Crippen molar-refractivity contribution in [1.82, 2.24) is 35.5 Å². The Bertz CT molecular complexity index is 1490. The quantitative estimate of drug-likeness (QED) is 0.252. The standard InChI is InChI=1S/C25H23BrClN7O2/c1-3-4-9-19-29-23(27)22(25(35)28-2)34(19)12-17-14-10-11-36-13-18(14)21(26)20(17)15-7-5-6-8-16(15)24-30-32-33-31-24/h5-8,10-11,13H,3-4,9,12H2,1-2H3,(H,28,35)(H,30,31,32,33). The fourth-order valence-corrected chi connectivity index (χ4v) is 5.53. The molecule has 1 aliphatic carbocycles. The van der Waals surface area contributed by atoms with Gasteiger partial charge in [0, 0.05) is 34.6 Å². The van der Waals surface area contributed by atoms with E-state index >= 15 is 0 Å². The lowest BCUT2D eigenvalue weighted by molar-refractivity contribution is 0.0954. The number of hydrogen-bond acceptors (Lipinski definition) is 6. The van der Waals surface area contributed by atoms with E-state index in [1.54, 1.807) is 19.6 Å². The van der Waals surface area contributed by atoms with Crippen LogP contribution in [0.2, 0.25) is 5.15 Å². The number of halogens is 2. The van der Waals surface area contributed by atoms with Gasteiger partial charge in [-0.15, -0.1) is 5.10 Å². The lowest BCUT2D eigenvalue weighted by Gasteiger charge is -2.15. The second-order valence-corrected chi connectivity index (χ2v) is 9.43. The van der Waals surface area contributed by atoms with Crippen LogP contribution in [0.25, 0.3) is 33.6 Å². The molecule has 2 N–H and O–H groups in total. The molecule has 1 amide bonds. The Hall–Kier alpha value is -3.50. The maximum absolute atomic E-state index is 12.9. The Morgan fingerprint density at radius 2 is 2.00 bits per heavy atom. The largest absolute Gasteiger partial charge is 0.472 e. The average Bonchev–Trinajstić information content (AvgIpc) is 3.61. The van der Waals surface area contributed by atoms with E-state index in [0.717, 1.165) is 56.5 Å². The van der Waals surface area contributed by atoms with Gasteiger partial charge in [-0.2, -0.15) is 0 Å². The number of aryl methyl sites for hydroxylation is 1. The number of imidazole rings is 1. The van der Waals surface area contributed by atoms with Gasteiger partial charge in [0.1, 0.15) is 11.5 Å². The lowest BCUT2D eigenvalue weighted by atomic mass is 9.97. The van der Waals surface area contributed by atoms with Crippen LogP contribution in [0.3, 0.4) is 0 Å². The molecule has 0 radical (unpaired) electrons. The third kappa shape index (κ3) is 4.20. The number of aromatic amines is 1. The summed E-state index contributed by atoms with van der Waals surface area (Å²) in [6.07, 6.45) is 5.99. The zero-order valence-electron chi connectivity index (χ0n) is 19.7. The van der Waals surface area contributed by atoms with Gasteiger partial charge in [-0.3, -0.25) is 4.79 Å². The van der Waals surface area contributed by atoms with Crippen LogP contribution < -0.4 is 5.32 Å². The van der Waals surface area contributed by atoms with E-state index in [9.17, 15) is 4.79 Å². The van der Waals surface area contributed by atoms with Gasteiger partial charge in [0.15, 0.2) is 11.0 Å². The molecule has 0 atom stereocenters. The predicted molar refractivity (Wildman–Crippen MR) is 140 cm³/mol. The summed E-state index contributed by atoms with van der Waals surface area (Å²) in [7, 11) is 1.59. The Balaban J connectivity index is 1.76. The first-order chi connectivity index (χ1) is 17.5. The highest BCUT2D eigenvalue weighted by Gasteiger charge is 2.29. The molecule has 0 fully saturated rings. The molecular weight excluding hydrogens is 546 g/mol. The van der Waals surface area contributed by atoms with Crippen molar-refractivity contribution in [1.29, 1.82) is 0 Å². The Morgan fingerprint density at radius 3 is 2.72 bits per heavy atom. The highest BCUT2D eigenvalue weighted by atomic mass is 79.9. The van der Waals surface area contributed by atoms with Crippen molar-refractivity contribution >= 4 is 33.4 Å². The molecule has 0 saturated carbocycles. The van der Waals surface area contributed by atoms with E-state index in [1.165, 1.54) is 0 Å². The van der Waals surface area contributed by atoms with Crippen molar-refractivity contribution in [3.8, 4) is 33.6 Å². The third-order valence-electron chi connectivity index (χ3n) is 6.19. The first-order valence-electron chi connectivity index (χ1n) is 11.5. The fraction of sp³-hybridized carbons (Fsp3) is 0.240. The van der Waals surface area contributed by atoms with Gasteiger partial charge >= 0.3 is 0 Å². The molecule has 9 nitrogen and oxygen atoms in total. The van der Waals surface area contributed by atoms with Crippen LogP contribution in [0.4, 0.5) is 0 Å². The molecule has 0 saturated heterocycles. The molecule has 11 heteroatoms. The monoisotopic (exact) mass is 567 g/mol. The van der Waals surface area contributed by atoms with Crippen LogP contribution in [0.1, 0.15) is 41.6 Å². The number of nitrogens with zero attached hydrogens (tertiary/aromatic N) is 5. The normalized spacial score (nSPS) is 11.3. The van der Waals surface area contributed by atoms with Crippen molar-refractivity contribution in [3.05, 3.63) is 69.6 Å². The summed E-state index contributed by atoms with van der Waals surface area (Å²) in [6.45, 7) is 2.50. The molecular formula is C25H23BrClN7O2. The van der Waals surface area contributed by atoms with Crippen LogP contribution in [-0.2, 0) is 13.0 Å². The second-order valence-electron chi connectivity index (χ2n) is 8.28. The summed E-state index contributed by atoms with van der Waals surface area (Å²) in [5, 5.41) is 17.4. The number of tetrazole rings is 1. The Kier molecular flexibility index (Phi) is 6.88. The van der Waals surface area contributed by atoms with Crippen molar-refractivity contribution in [2.45, 2.75) is 32.7 Å². The molecule has 184 valence electrons. The molecule has 1 aromatic carbocycles. The van der Waals surface area contributed by atoms with E-state index in [-0.39, 0.29) is 11.1 Å². The number of carbonyl (C=O) groups excluding carboxylic acids is 1. The molecule has 3 heterocycles. The van der Waals surface area contributed by atoms with Gasteiger partial charge in [-0.1, -0.05) is 49.2 Å². The minimum atomic E-state index is -0.283. The molecule has 36 heavy (non-hydrogen) atoms. The number of aromatic nitrogens is 6. The first kappa shape index (κ1) is 24.2. The number of hydrogen-bond donors (Lipinski definition) is 2. The smallest absolute Gasteiger partial charge is 0.270 e. The number of carbonyl (C=O) groups is 1. The number of rotatable bonds is 8. The SMILES string of the molecule is CCCCc1nc(Cl)c(C(=O)NC)n1Cc1c2ccocc-2c(Br)c1-c1ccccc1-c1nnn[nH]1. The van der Waals surface area contributed by atoms with E-state index in [4.69, 9.17) is 16.0 Å². The third-order valence-corrected chi connectivity index (χ3v) is 7.27. The maximum Gasteiger partial charge on any atom is 0.270 e. The molecule has 5 rings (SSSR count). The van der Waals surface area contributed by atoms with Gasteiger partial charge in [0.2, 0.25) is 0 Å². The highest BCUT2D eigenvalue weighted by Crippen LogP contribution is 2.48. The summed E-state index contributed by atoms with van der Waals surface area (Å²) >= 11 is 10.3. The second kappa shape index (κ2) is 10.2. The van der Waals surface area contributed by atoms with Crippen molar-refractivity contribution in [2.75, 3.05) is 7.05 Å². The van der Waals surface area contributed by atoms with Gasteiger partial charge in [0.05, 0.1) is 19.1 Å². The van der Waals surface area contributed by atoms with Crippen molar-refractivity contribution < 1.29 is 9.21 Å². The van der Waals surface area contributed by atoms with E-state index in [2.05, 4.69) is 53.8 Å². The van der Waals surface area contributed by atoms with Crippen molar-refractivity contribution in [2.24, 2.45) is 0 Å². The highest BCUT2D eigenvalue weighted by molar-refractivity contribution is 9.10. The summed E-state index contributed by atoms with van der Waals surface area (Å²) in [5.41, 5.74) is 5.96. The molecule has 0 unspecified atom stereocenters. The minimum Gasteiger partial charge on any atom is -0.472 e. The number of H-pyrrole nitrogens is 1. The average molecular weight is 569 g/mol. The number of unbranched alkanes of at least 4 members (excludes halogenated alkanes) is 1. The van der Waals surface area contributed by atoms with Crippen LogP contribution in [0.15, 0.2) is 51.7 Å². The van der Waals surface area contributed by atoms with Gasteiger partial charge in [0.25, 0.3) is 5.91 Å². The van der Waals surface area contributed by atoms with Crippen LogP contribution in [-0.4, -0.2) is 43.1 Å². The van der Waals surface area contributed by atoms with Gasteiger partial charge < -0.3 is 14.3 Å². The summed E-state index contributed by atoms with van der Waals surface area (Å²) < 4.78 is 8.31. The number of nitrogens with one attached hydrogen (secondary N) is 2. The van der Waals surface area contributed by atoms with Crippen LogP contribution in [0, 0.1) is 0 Å². The van der Waals surface area contributed by atoms with Gasteiger partial charge in [-0.25, -0.2) is 10.1 Å². The predicted octanol–water partition coefficient (Wildman–Crippen LogP) is 5.59. The maximum atomic E-state index is 12.9. The topological polar surface area (TPSA) is 115 Å². The van der Waals surface area contributed by atoms with E-state index in [0.29, 0.717) is 24.5 Å². The first-order valence-corrected chi connectivity index (χ1v) is 12.7. The molecule has 0 bridgehead atoms. The Labute approximate surface area is 220 Å². The van der Waals surface area contributed by atoms with E-state index in [1.807, 2.05) is 34.9 Å². The fourth-order valence-electron chi connectivity index (χ4n) is 4.48. The summed E-state index contributed by atoms with van der Waals surface area (Å²) in [5.74, 6) is 1.04. The molecule has 2 aliphatic rings. The number of amides is 1. The van der Waals surface area contributed by atoms with Crippen LogP contribution in [0.5, 0.6) is 0 Å². The zero-order valence-corrected chi connectivity index (χ0v) is 22.0. The zero-order chi connectivity index (χ0) is 25.2. The summed E-state index contributed by atoms with van der Waals surface area (Å²) in [4.78, 5) is 17.4. The molecule has 1 aliphatic heterocycles. The van der Waals surface area contributed by atoms with Crippen molar-refractivity contribution in [3.63, 3.8) is 0 Å².